The number of halogens is 3. The molecule has 0 saturated carbocycles. The lowest BCUT2D eigenvalue weighted by Crippen LogP contribution is -2.01. The van der Waals surface area contributed by atoms with Crippen LogP contribution >= 0.6 is 39.1 Å². The lowest BCUT2D eigenvalue weighted by atomic mass is 9.99. The molecule has 0 heterocycles. The molecule has 0 fully saturated rings. The molecule has 0 bridgehead atoms. The number of rotatable bonds is 4. The number of methoxy groups -OCH3 is 2. The first-order chi connectivity index (χ1) is 9.97. The van der Waals surface area contributed by atoms with E-state index in [-0.39, 0.29) is 5.38 Å². The molecule has 2 aromatic rings. The van der Waals surface area contributed by atoms with Crippen molar-refractivity contribution in [2.24, 2.45) is 0 Å². The van der Waals surface area contributed by atoms with E-state index in [2.05, 4.69) is 15.9 Å². The van der Waals surface area contributed by atoms with Crippen molar-refractivity contribution in [2.45, 2.75) is 12.3 Å². The minimum Gasteiger partial charge on any atom is -0.496 e. The number of ether oxygens (including phenoxy) is 2. The molecule has 2 rings (SSSR count). The molecule has 1 unspecified atom stereocenters. The van der Waals surface area contributed by atoms with E-state index in [1.807, 2.05) is 37.3 Å². The summed E-state index contributed by atoms with van der Waals surface area (Å²) < 4.78 is 11.6. The summed E-state index contributed by atoms with van der Waals surface area (Å²) in [6.07, 6.45) is 0. The Morgan fingerprint density at radius 1 is 1.00 bits per heavy atom. The van der Waals surface area contributed by atoms with E-state index in [4.69, 9.17) is 32.7 Å². The molecule has 112 valence electrons. The Morgan fingerprint density at radius 3 is 2.29 bits per heavy atom. The summed E-state index contributed by atoms with van der Waals surface area (Å²) in [5, 5.41) is 0.282. The van der Waals surface area contributed by atoms with Gasteiger partial charge in [0.1, 0.15) is 11.5 Å². The first-order valence-electron chi connectivity index (χ1n) is 6.29. The van der Waals surface area contributed by atoms with E-state index in [0.29, 0.717) is 16.5 Å². The van der Waals surface area contributed by atoms with Crippen LogP contribution in [0.3, 0.4) is 0 Å². The molecule has 0 radical (unpaired) electrons. The highest BCUT2D eigenvalue weighted by Gasteiger charge is 2.20. The van der Waals surface area contributed by atoms with Crippen molar-refractivity contribution in [3.05, 3.63) is 56.5 Å². The van der Waals surface area contributed by atoms with Gasteiger partial charge in [-0.05, 0) is 58.2 Å². The third kappa shape index (κ3) is 3.47. The van der Waals surface area contributed by atoms with Crippen molar-refractivity contribution in [3.63, 3.8) is 0 Å². The summed E-state index contributed by atoms with van der Waals surface area (Å²) >= 11 is 16.2. The summed E-state index contributed by atoms with van der Waals surface area (Å²) in [6.45, 7) is 2.00. The smallest absolute Gasteiger partial charge is 0.133 e. The zero-order valence-corrected chi connectivity index (χ0v) is 15.0. The van der Waals surface area contributed by atoms with Crippen LogP contribution in [0.25, 0.3) is 0 Å². The van der Waals surface area contributed by atoms with Crippen LogP contribution < -0.4 is 9.47 Å². The Morgan fingerprint density at radius 2 is 1.67 bits per heavy atom. The Kier molecular flexibility index (Phi) is 5.42. The first-order valence-corrected chi connectivity index (χ1v) is 7.90. The largest absolute Gasteiger partial charge is 0.496 e. The zero-order valence-electron chi connectivity index (χ0n) is 11.9. The second kappa shape index (κ2) is 6.91. The maximum absolute atomic E-state index is 6.66. The van der Waals surface area contributed by atoms with Crippen LogP contribution in [-0.4, -0.2) is 14.2 Å². The average Bonchev–Trinajstić information content (AvgIpc) is 2.48. The second-order valence-corrected chi connectivity index (χ2v) is 6.32. The maximum Gasteiger partial charge on any atom is 0.133 e. The monoisotopic (exact) mass is 388 g/mol. The quantitative estimate of drug-likeness (QED) is 0.619. The van der Waals surface area contributed by atoms with Crippen molar-refractivity contribution in [3.8, 4) is 11.5 Å². The van der Waals surface area contributed by atoms with Gasteiger partial charge in [0.25, 0.3) is 0 Å². The van der Waals surface area contributed by atoms with Gasteiger partial charge in [0.05, 0.1) is 24.1 Å². The van der Waals surface area contributed by atoms with E-state index in [1.54, 1.807) is 14.2 Å². The predicted molar refractivity (Wildman–Crippen MR) is 91.1 cm³/mol. The van der Waals surface area contributed by atoms with E-state index in [1.165, 1.54) is 0 Å². The van der Waals surface area contributed by atoms with Gasteiger partial charge in [-0.15, -0.1) is 11.6 Å². The Balaban J connectivity index is 2.56. The molecule has 2 nitrogen and oxygen atoms in total. The topological polar surface area (TPSA) is 18.5 Å². The van der Waals surface area contributed by atoms with E-state index in [9.17, 15) is 0 Å². The molecule has 0 aliphatic heterocycles. The van der Waals surface area contributed by atoms with Crippen LogP contribution in [0.2, 0.25) is 5.02 Å². The molecule has 0 aliphatic carbocycles. The lowest BCUT2D eigenvalue weighted by Gasteiger charge is -2.18. The maximum atomic E-state index is 6.66. The first kappa shape index (κ1) is 16.5. The fourth-order valence-corrected chi connectivity index (χ4v) is 3.20. The lowest BCUT2D eigenvalue weighted by molar-refractivity contribution is 0.397. The van der Waals surface area contributed by atoms with Gasteiger partial charge in [0.2, 0.25) is 0 Å². The number of hydrogen-bond donors (Lipinski definition) is 0. The van der Waals surface area contributed by atoms with Crippen LogP contribution in [0.1, 0.15) is 22.1 Å². The molecule has 0 saturated heterocycles. The molecule has 0 N–H and O–H groups in total. The van der Waals surface area contributed by atoms with Crippen molar-refractivity contribution < 1.29 is 9.47 Å². The number of alkyl halides is 1. The number of benzene rings is 2. The highest BCUT2D eigenvalue weighted by molar-refractivity contribution is 9.10. The van der Waals surface area contributed by atoms with E-state index in [0.717, 1.165) is 21.2 Å². The molecule has 0 aliphatic rings. The van der Waals surface area contributed by atoms with Gasteiger partial charge in [0, 0.05) is 10.6 Å². The summed E-state index contributed by atoms with van der Waals surface area (Å²) in [5.41, 5.74) is 2.86. The normalized spacial score (nSPS) is 12.1. The fourth-order valence-electron chi connectivity index (χ4n) is 2.13. The molecular formula is C16H15BrCl2O2. The van der Waals surface area contributed by atoms with Crippen molar-refractivity contribution >= 4 is 39.1 Å². The van der Waals surface area contributed by atoms with E-state index >= 15 is 0 Å². The predicted octanol–water partition coefficient (Wildman–Crippen LogP) is 5.76. The molecule has 5 heteroatoms. The van der Waals surface area contributed by atoms with Crippen LogP contribution in [0.4, 0.5) is 0 Å². The molecule has 0 amide bonds. The Labute approximate surface area is 143 Å². The summed E-state index contributed by atoms with van der Waals surface area (Å²) in [4.78, 5) is 0. The minimum absolute atomic E-state index is 0.374. The van der Waals surface area contributed by atoms with Gasteiger partial charge >= 0.3 is 0 Å². The van der Waals surface area contributed by atoms with Crippen LogP contribution in [0.15, 0.2) is 34.8 Å². The van der Waals surface area contributed by atoms with E-state index < -0.39 is 0 Å². The molecule has 2 aromatic carbocycles. The SMILES string of the molecule is COc1cc(C(Cl)c2cc(Cl)ccc2C)c(OC)cc1Br. The van der Waals surface area contributed by atoms with Gasteiger partial charge in [0.15, 0.2) is 0 Å². The van der Waals surface area contributed by atoms with Gasteiger partial charge in [-0.1, -0.05) is 17.7 Å². The standard InChI is InChI=1S/C16H15BrCl2O2/c1-9-4-5-10(18)6-11(9)16(19)12-7-15(21-3)13(17)8-14(12)20-2/h4-8,16H,1-3H3. The van der Waals surface area contributed by atoms with Crippen LogP contribution in [0, 0.1) is 6.92 Å². The van der Waals surface area contributed by atoms with Gasteiger partial charge < -0.3 is 9.47 Å². The van der Waals surface area contributed by atoms with Gasteiger partial charge in [-0.2, -0.15) is 0 Å². The van der Waals surface area contributed by atoms with Gasteiger partial charge in [-0.25, -0.2) is 0 Å². The molecule has 1 atom stereocenters. The van der Waals surface area contributed by atoms with Crippen molar-refractivity contribution in [1.29, 1.82) is 0 Å². The number of aryl methyl sites for hydroxylation is 1. The highest BCUT2D eigenvalue weighted by atomic mass is 79.9. The highest BCUT2D eigenvalue weighted by Crippen LogP contribution is 2.42. The summed E-state index contributed by atoms with van der Waals surface area (Å²) in [7, 11) is 3.23. The summed E-state index contributed by atoms with van der Waals surface area (Å²) in [5.74, 6) is 1.40. The third-order valence-corrected chi connectivity index (χ3v) is 4.62. The van der Waals surface area contributed by atoms with Crippen molar-refractivity contribution in [2.75, 3.05) is 14.2 Å². The average molecular weight is 390 g/mol. The second-order valence-electron chi connectivity index (χ2n) is 4.59. The molecule has 0 spiro atoms. The number of hydrogen-bond acceptors (Lipinski definition) is 2. The Hall–Kier alpha value is -0.900. The summed E-state index contributed by atoms with van der Waals surface area (Å²) in [6, 6.07) is 9.41. The molecule has 21 heavy (non-hydrogen) atoms. The van der Waals surface area contributed by atoms with Crippen molar-refractivity contribution in [1.82, 2.24) is 0 Å². The molecular weight excluding hydrogens is 375 g/mol. The van der Waals surface area contributed by atoms with Gasteiger partial charge in [-0.3, -0.25) is 0 Å². The fraction of sp³-hybridized carbons (Fsp3) is 0.250. The van der Waals surface area contributed by atoms with Crippen LogP contribution in [0.5, 0.6) is 11.5 Å². The van der Waals surface area contributed by atoms with Crippen LogP contribution in [-0.2, 0) is 0 Å². The zero-order chi connectivity index (χ0) is 15.6. The third-order valence-electron chi connectivity index (χ3n) is 3.29. The Bertz CT molecular complexity index is 659. The minimum atomic E-state index is -0.374. The molecule has 0 aromatic heterocycles.